The standard InChI is InChI=1S/C30H34N4O/c1-4-14-27-30(25-17-9-7-10-18-25,26-19-11-8-12-20-26)32-29(31)34(27)22-23-15-13-16-24(21-23)28(35)33(5-2)6-3/h7-21H,4-6,22H2,1-3H3,(H2,31,32)/b27-14-. The molecule has 4 rings (SSSR count). The molecule has 0 radical (unpaired) electrons. The molecule has 1 amide bonds. The number of aliphatic imine (C=N–C) groups is 1. The van der Waals surface area contributed by atoms with E-state index >= 15 is 0 Å². The van der Waals surface area contributed by atoms with Gasteiger partial charge in [-0.1, -0.05) is 85.8 Å². The van der Waals surface area contributed by atoms with Crippen LogP contribution in [-0.4, -0.2) is 34.8 Å². The Morgan fingerprint density at radius 3 is 2.06 bits per heavy atom. The van der Waals surface area contributed by atoms with Gasteiger partial charge in [0, 0.05) is 18.7 Å². The third-order valence-corrected chi connectivity index (χ3v) is 6.57. The predicted octanol–water partition coefficient (Wildman–Crippen LogP) is 5.54. The maximum absolute atomic E-state index is 13.0. The highest BCUT2D eigenvalue weighted by Gasteiger charge is 2.46. The fourth-order valence-corrected chi connectivity index (χ4v) is 4.85. The summed E-state index contributed by atoms with van der Waals surface area (Å²) in [5.41, 5.74) is 10.8. The fraction of sp³-hybridized carbons (Fsp3) is 0.267. The zero-order valence-electron chi connectivity index (χ0n) is 20.8. The molecule has 5 nitrogen and oxygen atoms in total. The maximum Gasteiger partial charge on any atom is 0.253 e. The van der Waals surface area contributed by atoms with E-state index in [1.54, 1.807) is 0 Å². The van der Waals surface area contributed by atoms with Crippen molar-refractivity contribution in [2.75, 3.05) is 13.1 Å². The lowest BCUT2D eigenvalue weighted by Gasteiger charge is -2.32. The minimum absolute atomic E-state index is 0.0483. The minimum atomic E-state index is -0.725. The third kappa shape index (κ3) is 4.59. The Bertz CT molecular complexity index is 1170. The monoisotopic (exact) mass is 466 g/mol. The van der Waals surface area contributed by atoms with E-state index in [9.17, 15) is 4.79 Å². The van der Waals surface area contributed by atoms with Crippen molar-refractivity contribution < 1.29 is 4.79 Å². The van der Waals surface area contributed by atoms with Gasteiger partial charge in [0.05, 0.1) is 12.2 Å². The lowest BCUT2D eigenvalue weighted by molar-refractivity contribution is 0.0773. The van der Waals surface area contributed by atoms with Crippen LogP contribution in [-0.2, 0) is 12.1 Å². The number of rotatable bonds is 8. The summed E-state index contributed by atoms with van der Waals surface area (Å²) in [5, 5.41) is 0. The van der Waals surface area contributed by atoms with E-state index in [2.05, 4.69) is 42.2 Å². The summed E-state index contributed by atoms with van der Waals surface area (Å²) in [6.45, 7) is 8.03. The van der Waals surface area contributed by atoms with Gasteiger partial charge in [-0.2, -0.15) is 0 Å². The molecule has 1 aliphatic rings. The molecule has 35 heavy (non-hydrogen) atoms. The fourth-order valence-electron chi connectivity index (χ4n) is 4.85. The van der Waals surface area contributed by atoms with Gasteiger partial charge in [0.15, 0.2) is 11.5 Å². The van der Waals surface area contributed by atoms with Crippen molar-refractivity contribution in [3.05, 3.63) is 119 Å². The lowest BCUT2D eigenvalue weighted by Crippen LogP contribution is -2.35. The number of hydrogen-bond donors (Lipinski definition) is 1. The summed E-state index contributed by atoms with van der Waals surface area (Å²) < 4.78 is 0. The molecular formula is C30H34N4O. The van der Waals surface area contributed by atoms with Crippen molar-refractivity contribution in [3.63, 3.8) is 0 Å². The van der Waals surface area contributed by atoms with Crippen molar-refractivity contribution in [2.24, 2.45) is 10.7 Å². The van der Waals surface area contributed by atoms with Gasteiger partial charge in [-0.3, -0.25) is 4.79 Å². The average Bonchev–Trinajstić information content (AvgIpc) is 3.18. The van der Waals surface area contributed by atoms with Crippen LogP contribution >= 0.6 is 0 Å². The molecule has 3 aromatic rings. The Morgan fingerprint density at radius 1 is 0.914 bits per heavy atom. The Kier molecular flexibility index (Phi) is 7.35. The molecule has 0 aromatic heterocycles. The molecule has 0 spiro atoms. The van der Waals surface area contributed by atoms with Crippen molar-refractivity contribution in [2.45, 2.75) is 39.3 Å². The normalized spacial score (nSPS) is 15.8. The SMILES string of the molecule is CC/C=C1\N(Cc2cccc(C(=O)N(CC)CC)c2)C(N)=NC1(c1ccccc1)c1ccccc1. The second-order valence-corrected chi connectivity index (χ2v) is 8.67. The van der Waals surface area contributed by atoms with Crippen molar-refractivity contribution in [1.29, 1.82) is 0 Å². The highest BCUT2D eigenvalue weighted by molar-refractivity contribution is 5.94. The summed E-state index contributed by atoms with van der Waals surface area (Å²) in [7, 11) is 0. The first-order valence-electron chi connectivity index (χ1n) is 12.4. The first-order valence-corrected chi connectivity index (χ1v) is 12.4. The molecule has 0 saturated heterocycles. The van der Waals surface area contributed by atoms with Crippen LogP contribution in [0.4, 0.5) is 0 Å². The minimum Gasteiger partial charge on any atom is -0.369 e. The zero-order valence-corrected chi connectivity index (χ0v) is 20.8. The van der Waals surface area contributed by atoms with Gasteiger partial charge in [0.2, 0.25) is 0 Å². The Balaban J connectivity index is 1.77. The van der Waals surface area contributed by atoms with Crippen molar-refractivity contribution in [3.8, 4) is 0 Å². The van der Waals surface area contributed by atoms with E-state index in [4.69, 9.17) is 10.7 Å². The number of hydrogen-bond acceptors (Lipinski definition) is 4. The van der Waals surface area contributed by atoms with E-state index in [0.29, 0.717) is 31.2 Å². The average molecular weight is 467 g/mol. The largest absolute Gasteiger partial charge is 0.369 e. The maximum atomic E-state index is 13.0. The number of carbonyl (C=O) groups is 1. The van der Waals surface area contributed by atoms with Gasteiger partial charge in [-0.15, -0.1) is 0 Å². The molecule has 2 N–H and O–H groups in total. The van der Waals surface area contributed by atoms with Crippen LogP contribution < -0.4 is 5.73 Å². The van der Waals surface area contributed by atoms with Crippen LogP contribution in [0.25, 0.3) is 0 Å². The van der Waals surface area contributed by atoms with E-state index < -0.39 is 5.54 Å². The highest BCUT2D eigenvalue weighted by Crippen LogP contribution is 2.46. The quantitative estimate of drug-likeness (QED) is 0.474. The van der Waals surface area contributed by atoms with E-state index in [1.807, 2.05) is 79.4 Å². The molecule has 0 saturated carbocycles. The molecule has 0 unspecified atom stereocenters. The number of allylic oxidation sites excluding steroid dienone is 1. The van der Waals surface area contributed by atoms with Crippen LogP contribution in [0.2, 0.25) is 0 Å². The van der Waals surface area contributed by atoms with Crippen molar-refractivity contribution >= 4 is 11.9 Å². The Labute approximate surface area is 208 Å². The number of guanidine groups is 1. The van der Waals surface area contributed by atoms with Gasteiger partial charge in [0.25, 0.3) is 5.91 Å². The first-order chi connectivity index (χ1) is 17.0. The third-order valence-electron chi connectivity index (χ3n) is 6.57. The van der Waals surface area contributed by atoms with Gasteiger partial charge >= 0.3 is 0 Å². The highest BCUT2D eigenvalue weighted by atomic mass is 16.2. The van der Waals surface area contributed by atoms with Crippen LogP contribution in [0.15, 0.2) is 102 Å². The molecule has 180 valence electrons. The Hall–Kier alpha value is -3.86. The molecule has 1 aliphatic heterocycles. The van der Waals surface area contributed by atoms with E-state index in [-0.39, 0.29) is 5.91 Å². The summed E-state index contributed by atoms with van der Waals surface area (Å²) in [5.74, 6) is 0.519. The molecule has 0 bridgehead atoms. The number of amides is 1. The number of benzene rings is 3. The van der Waals surface area contributed by atoms with E-state index in [1.165, 1.54) is 0 Å². The number of nitrogens with two attached hydrogens (primary N) is 1. The molecule has 1 heterocycles. The smallest absolute Gasteiger partial charge is 0.253 e. The first kappa shape index (κ1) is 24.3. The molecule has 0 aliphatic carbocycles. The number of nitrogens with zero attached hydrogens (tertiary/aromatic N) is 3. The molecule has 3 aromatic carbocycles. The van der Waals surface area contributed by atoms with Crippen LogP contribution in [0.5, 0.6) is 0 Å². The summed E-state index contributed by atoms with van der Waals surface area (Å²) in [6, 6.07) is 28.5. The van der Waals surface area contributed by atoms with Gasteiger partial charge in [0.1, 0.15) is 0 Å². The molecular weight excluding hydrogens is 432 g/mol. The summed E-state index contributed by atoms with van der Waals surface area (Å²) in [4.78, 5) is 22.0. The van der Waals surface area contributed by atoms with E-state index in [0.717, 1.165) is 28.8 Å². The summed E-state index contributed by atoms with van der Waals surface area (Å²) >= 11 is 0. The van der Waals surface area contributed by atoms with Crippen LogP contribution in [0.1, 0.15) is 54.2 Å². The molecule has 0 fully saturated rings. The second-order valence-electron chi connectivity index (χ2n) is 8.67. The topological polar surface area (TPSA) is 61.9 Å². The van der Waals surface area contributed by atoms with Crippen LogP contribution in [0, 0.1) is 0 Å². The summed E-state index contributed by atoms with van der Waals surface area (Å²) in [6.07, 6.45) is 3.06. The van der Waals surface area contributed by atoms with Crippen LogP contribution in [0.3, 0.4) is 0 Å². The zero-order chi connectivity index (χ0) is 24.8. The molecule has 5 heteroatoms. The lowest BCUT2D eigenvalue weighted by atomic mass is 9.80. The van der Waals surface area contributed by atoms with Gasteiger partial charge < -0.3 is 15.5 Å². The predicted molar refractivity (Wildman–Crippen MR) is 143 cm³/mol. The van der Waals surface area contributed by atoms with Gasteiger partial charge in [-0.05, 0) is 49.1 Å². The van der Waals surface area contributed by atoms with Crippen molar-refractivity contribution in [1.82, 2.24) is 9.80 Å². The Morgan fingerprint density at radius 2 is 1.51 bits per heavy atom. The second kappa shape index (κ2) is 10.6. The molecule has 0 atom stereocenters. The van der Waals surface area contributed by atoms with Gasteiger partial charge in [-0.25, -0.2) is 4.99 Å². The number of carbonyl (C=O) groups excluding carboxylic acids is 1.